The van der Waals surface area contributed by atoms with Gasteiger partial charge in [0.05, 0.1) is 9.82 Å². The number of para-hydroxylation sites is 1. The third kappa shape index (κ3) is 4.53. The first kappa shape index (κ1) is 17.9. The van der Waals surface area contributed by atoms with Crippen molar-refractivity contribution < 1.29 is 18.1 Å². The van der Waals surface area contributed by atoms with E-state index in [1.807, 2.05) is 0 Å². The normalized spacial score (nSPS) is 12.0. The van der Waals surface area contributed by atoms with E-state index in [-0.39, 0.29) is 10.6 Å². The summed E-state index contributed by atoms with van der Waals surface area (Å²) in [5.41, 5.74) is -1.12. The van der Waals surface area contributed by atoms with Gasteiger partial charge in [0, 0.05) is 11.6 Å². The van der Waals surface area contributed by atoms with Crippen LogP contribution in [0.15, 0.2) is 53.4 Å². The summed E-state index contributed by atoms with van der Waals surface area (Å²) in [6.07, 6.45) is 0. The van der Waals surface area contributed by atoms with Crippen LogP contribution in [0.25, 0.3) is 0 Å². The molecule has 1 N–H and O–H groups in total. The number of nitrogens with one attached hydrogen (secondary N) is 1. The van der Waals surface area contributed by atoms with Crippen LogP contribution in [0.4, 0.5) is 5.69 Å². The maximum atomic E-state index is 12.3. The molecule has 2 aromatic carbocycles. The zero-order valence-corrected chi connectivity index (χ0v) is 14.3. The lowest BCUT2D eigenvalue weighted by atomic mass is 10.1. The molecule has 0 aromatic heterocycles. The highest BCUT2D eigenvalue weighted by atomic mass is 32.2. The summed E-state index contributed by atoms with van der Waals surface area (Å²) < 4.78 is 32.6. The Labute approximate surface area is 140 Å². The molecular formula is C16H18N2O5S. The third-order valence-corrected chi connectivity index (χ3v) is 4.60. The molecule has 2 aromatic rings. The molecule has 0 atom stereocenters. The Kier molecular flexibility index (Phi) is 4.91. The van der Waals surface area contributed by atoms with Crippen molar-refractivity contribution >= 4 is 15.7 Å². The first-order chi connectivity index (χ1) is 11.1. The lowest BCUT2D eigenvalue weighted by Crippen LogP contribution is -2.40. The number of nitrogens with zero attached hydrogens (tertiary/aromatic N) is 1. The largest absolute Gasteiger partial charge is 0.450 e. The van der Waals surface area contributed by atoms with Gasteiger partial charge in [-0.2, -0.15) is 0 Å². The molecule has 0 bridgehead atoms. The fourth-order valence-electron chi connectivity index (χ4n) is 1.97. The van der Waals surface area contributed by atoms with Crippen LogP contribution in [-0.2, 0) is 10.0 Å². The van der Waals surface area contributed by atoms with Gasteiger partial charge in [-0.25, -0.2) is 13.1 Å². The van der Waals surface area contributed by atoms with E-state index in [9.17, 15) is 18.5 Å². The lowest BCUT2D eigenvalue weighted by Gasteiger charge is -2.20. The molecule has 0 aliphatic rings. The van der Waals surface area contributed by atoms with Crippen molar-refractivity contribution in [1.82, 2.24) is 4.72 Å². The van der Waals surface area contributed by atoms with Gasteiger partial charge in [0.1, 0.15) is 5.75 Å². The smallest absolute Gasteiger partial charge is 0.312 e. The highest BCUT2D eigenvalue weighted by Gasteiger charge is 2.26. The predicted molar refractivity (Wildman–Crippen MR) is 89.7 cm³/mol. The van der Waals surface area contributed by atoms with Crippen LogP contribution in [0.2, 0.25) is 0 Å². The Bertz CT molecular complexity index is 843. The Hall–Kier alpha value is -2.45. The van der Waals surface area contributed by atoms with Gasteiger partial charge in [-0.15, -0.1) is 0 Å². The van der Waals surface area contributed by atoms with Crippen molar-refractivity contribution in [3.63, 3.8) is 0 Å². The molecule has 0 amide bonds. The molecule has 2 rings (SSSR count). The van der Waals surface area contributed by atoms with Crippen molar-refractivity contribution in [1.29, 1.82) is 0 Å². The summed E-state index contributed by atoms with van der Waals surface area (Å²) in [6, 6.07) is 12.1. The molecule has 0 aliphatic carbocycles. The van der Waals surface area contributed by atoms with Gasteiger partial charge < -0.3 is 4.74 Å². The lowest BCUT2D eigenvalue weighted by molar-refractivity contribution is -0.385. The predicted octanol–water partition coefficient (Wildman–Crippen LogP) is 3.46. The topological polar surface area (TPSA) is 98.5 Å². The first-order valence-corrected chi connectivity index (χ1v) is 8.62. The van der Waals surface area contributed by atoms with Gasteiger partial charge in [0.2, 0.25) is 15.8 Å². The Morgan fingerprint density at radius 1 is 1.08 bits per heavy atom. The van der Waals surface area contributed by atoms with Gasteiger partial charge in [-0.1, -0.05) is 18.2 Å². The van der Waals surface area contributed by atoms with Gasteiger partial charge >= 0.3 is 5.69 Å². The van der Waals surface area contributed by atoms with Gasteiger partial charge in [-0.3, -0.25) is 10.1 Å². The molecular weight excluding hydrogens is 332 g/mol. The first-order valence-electron chi connectivity index (χ1n) is 7.14. The molecule has 128 valence electrons. The minimum absolute atomic E-state index is 0.0269. The standard InChI is InChI=1S/C16H18N2O5S/c1-16(2,3)17-24(21,22)13-9-10-15(14(11-13)18(19)20)23-12-7-5-4-6-8-12/h4-11,17H,1-3H3. The molecule has 0 spiro atoms. The number of nitro groups is 1. The highest BCUT2D eigenvalue weighted by Crippen LogP contribution is 2.33. The van der Waals surface area contributed by atoms with Crippen molar-refractivity contribution in [3.8, 4) is 11.5 Å². The quantitative estimate of drug-likeness (QED) is 0.657. The number of rotatable bonds is 5. The Morgan fingerprint density at radius 3 is 2.25 bits per heavy atom. The minimum Gasteiger partial charge on any atom is -0.450 e. The van der Waals surface area contributed by atoms with Crippen LogP contribution < -0.4 is 9.46 Å². The maximum absolute atomic E-state index is 12.3. The number of benzene rings is 2. The fourth-order valence-corrected chi connectivity index (χ4v) is 3.41. The van der Waals surface area contributed by atoms with Crippen molar-refractivity contribution in [2.45, 2.75) is 31.2 Å². The highest BCUT2D eigenvalue weighted by molar-refractivity contribution is 7.89. The molecule has 0 unspecified atom stereocenters. The number of nitro benzene ring substituents is 1. The molecule has 0 aliphatic heterocycles. The van der Waals surface area contributed by atoms with Crippen molar-refractivity contribution in [3.05, 3.63) is 58.6 Å². The summed E-state index contributed by atoms with van der Waals surface area (Å²) in [4.78, 5) is 10.4. The summed E-state index contributed by atoms with van der Waals surface area (Å²) in [7, 11) is -3.87. The zero-order valence-electron chi connectivity index (χ0n) is 13.5. The van der Waals surface area contributed by atoms with E-state index in [1.54, 1.807) is 51.1 Å². The molecule has 0 heterocycles. The van der Waals surface area contributed by atoms with Crippen LogP contribution in [-0.4, -0.2) is 18.9 Å². The van der Waals surface area contributed by atoms with E-state index >= 15 is 0 Å². The average molecular weight is 350 g/mol. The summed E-state index contributed by atoms with van der Waals surface area (Å²) >= 11 is 0. The van der Waals surface area contributed by atoms with E-state index in [1.165, 1.54) is 12.1 Å². The van der Waals surface area contributed by atoms with Crippen LogP contribution in [0.3, 0.4) is 0 Å². The molecule has 7 nitrogen and oxygen atoms in total. The summed E-state index contributed by atoms with van der Waals surface area (Å²) in [5.74, 6) is 0.393. The van der Waals surface area contributed by atoms with Crippen LogP contribution >= 0.6 is 0 Å². The van der Waals surface area contributed by atoms with Gasteiger partial charge in [-0.05, 0) is 45.0 Å². The van der Waals surface area contributed by atoms with E-state index in [0.717, 1.165) is 6.07 Å². The summed E-state index contributed by atoms with van der Waals surface area (Å²) in [5, 5.41) is 11.3. The molecule has 8 heteroatoms. The fraction of sp³-hybridized carbons (Fsp3) is 0.250. The van der Waals surface area contributed by atoms with E-state index < -0.39 is 26.2 Å². The molecule has 0 saturated carbocycles. The number of sulfonamides is 1. The van der Waals surface area contributed by atoms with Crippen LogP contribution in [0, 0.1) is 10.1 Å². The van der Waals surface area contributed by atoms with Crippen LogP contribution in [0.5, 0.6) is 11.5 Å². The molecule has 0 radical (unpaired) electrons. The van der Waals surface area contributed by atoms with E-state index in [0.29, 0.717) is 5.75 Å². The third-order valence-electron chi connectivity index (χ3n) is 2.85. The van der Waals surface area contributed by atoms with Gasteiger partial charge in [0.15, 0.2) is 0 Å². The average Bonchev–Trinajstić information content (AvgIpc) is 2.45. The monoisotopic (exact) mass is 350 g/mol. The summed E-state index contributed by atoms with van der Waals surface area (Å²) in [6.45, 7) is 5.06. The number of hydrogen-bond donors (Lipinski definition) is 1. The van der Waals surface area contributed by atoms with E-state index in [2.05, 4.69) is 4.72 Å². The second kappa shape index (κ2) is 6.58. The van der Waals surface area contributed by atoms with Crippen LogP contribution in [0.1, 0.15) is 20.8 Å². The molecule has 0 saturated heterocycles. The van der Waals surface area contributed by atoms with E-state index in [4.69, 9.17) is 4.74 Å². The Balaban J connectivity index is 2.42. The maximum Gasteiger partial charge on any atom is 0.312 e. The SMILES string of the molecule is CC(C)(C)NS(=O)(=O)c1ccc(Oc2ccccc2)c([N+](=O)[O-])c1. The van der Waals surface area contributed by atoms with Crippen molar-refractivity contribution in [2.75, 3.05) is 0 Å². The number of ether oxygens (including phenoxy) is 1. The minimum atomic E-state index is -3.87. The van der Waals surface area contributed by atoms with Gasteiger partial charge in [0.25, 0.3) is 0 Å². The molecule has 24 heavy (non-hydrogen) atoms. The molecule has 0 fully saturated rings. The number of hydrogen-bond acceptors (Lipinski definition) is 5. The van der Waals surface area contributed by atoms with Crippen molar-refractivity contribution in [2.24, 2.45) is 0 Å². The zero-order chi connectivity index (χ0) is 18.0. The second-order valence-corrected chi connectivity index (χ2v) is 7.84. The second-order valence-electron chi connectivity index (χ2n) is 6.16. The Morgan fingerprint density at radius 2 is 1.71 bits per heavy atom.